The van der Waals surface area contributed by atoms with Gasteiger partial charge < -0.3 is 53.1 Å². The van der Waals surface area contributed by atoms with Crippen LogP contribution in [0.2, 0.25) is 0 Å². The molecule has 1 aromatic carbocycles. The van der Waals surface area contributed by atoms with Gasteiger partial charge in [0.25, 0.3) is 0 Å². The minimum Gasteiger partial charge on any atom is -0.491 e. The highest BCUT2D eigenvalue weighted by atomic mass is 16.6. The molecule has 14 nitrogen and oxygen atoms in total. The quantitative estimate of drug-likeness (QED) is 0.0845. The van der Waals surface area contributed by atoms with Gasteiger partial charge in [-0.25, -0.2) is 0 Å². The Bertz CT molecular complexity index is 826. The monoisotopic (exact) mass is 631 g/mol. The van der Waals surface area contributed by atoms with E-state index in [1.807, 2.05) is 0 Å². The lowest BCUT2D eigenvalue weighted by molar-refractivity contribution is -0.138. The highest BCUT2D eigenvalue weighted by molar-refractivity contribution is 5.80. The second kappa shape index (κ2) is 30.3. The van der Waals surface area contributed by atoms with Crippen molar-refractivity contribution >= 4 is 18.2 Å². The predicted molar refractivity (Wildman–Crippen MR) is 158 cm³/mol. The smallest absolute Gasteiger partial charge is 0.303 e. The molecule has 1 aromatic rings. The Labute approximate surface area is 259 Å². The van der Waals surface area contributed by atoms with Crippen LogP contribution in [-0.2, 0) is 47.5 Å². The van der Waals surface area contributed by atoms with Gasteiger partial charge >= 0.3 is 5.97 Å². The Morgan fingerprint density at radius 2 is 0.955 bits per heavy atom. The van der Waals surface area contributed by atoms with Crippen LogP contribution >= 0.6 is 0 Å². The first kappa shape index (κ1) is 39.3. The van der Waals surface area contributed by atoms with Crippen molar-refractivity contribution in [2.75, 3.05) is 119 Å². The molecule has 0 unspecified atom stereocenters. The summed E-state index contributed by atoms with van der Waals surface area (Å²) in [5, 5.41) is 11.2. The van der Waals surface area contributed by atoms with Gasteiger partial charge in [0.05, 0.1) is 106 Å². The Balaban J connectivity index is 1.66. The van der Waals surface area contributed by atoms with Gasteiger partial charge in [0.2, 0.25) is 5.91 Å². The maximum Gasteiger partial charge on any atom is 0.303 e. The fraction of sp³-hybridized carbons (Fsp3) is 0.700. The van der Waals surface area contributed by atoms with Crippen LogP contribution in [0.1, 0.15) is 29.6 Å². The maximum atomic E-state index is 11.3. The lowest BCUT2D eigenvalue weighted by atomic mass is 10.2. The molecule has 0 bridgehead atoms. The third-order valence-corrected chi connectivity index (χ3v) is 5.47. The molecule has 0 aliphatic carbocycles. The number of carboxylic acids is 1. The Morgan fingerprint density at radius 1 is 0.568 bits per heavy atom. The summed E-state index contributed by atoms with van der Waals surface area (Å²) in [7, 11) is 0. The predicted octanol–water partition coefficient (Wildman–Crippen LogP) is 1.38. The molecule has 14 heteroatoms. The van der Waals surface area contributed by atoms with E-state index in [0.717, 1.165) is 6.29 Å². The van der Waals surface area contributed by atoms with Crippen molar-refractivity contribution in [1.82, 2.24) is 5.32 Å². The first-order chi connectivity index (χ1) is 21.6. The number of hydrogen-bond donors (Lipinski definition) is 2. The number of rotatable bonds is 33. The van der Waals surface area contributed by atoms with E-state index in [9.17, 15) is 14.4 Å². The summed E-state index contributed by atoms with van der Waals surface area (Å²) in [5.74, 6) is -0.557. The summed E-state index contributed by atoms with van der Waals surface area (Å²) < 4.78 is 49.0. The van der Waals surface area contributed by atoms with Crippen molar-refractivity contribution in [3.63, 3.8) is 0 Å². The number of aliphatic carboxylic acids is 1. The first-order valence-corrected chi connectivity index (χ1v) is 14.9. The number of benzene rings is 1. The van der Waals surface area contributed by atoms with Gasteiger partial charge in [-0.15, -0.1) is 0 Å². The van der Waals surface area contributed by atoms with Crippen LogP contribution < -0.4 is 10.1 Å². The molecule has 1 rings (SSSR count). The van der Waals surface area contributed by atoms with Crippen LogP contribution in [0.3, 0.4) is 0 Å². The largest absolute Gasteiger partial charge is 0.491 e. The van der Waals surface area contributed by atoms with E-state index in [2.05, 4.69) is 5.32 Å². The zero-order valence-corrected chi connectivity index (χ0v) is 25.6. The highest BCUT2D eigenvalue weighted by Crippen LogP contribution is 2.10. The highest BCUT2D eigenvalue weighted by Gasteiger charge is 2.04. The van der Waals surface area contributed by atoms with Gasteiger partial charge in [0, 0.05) is 25.1 Å². The number of nitrogens with one attached hydrogen (secondary N) is 1. The average Bonchev–Trinajstić information content (AvgIpc) is 3.03. The van der Waals surface area contributed by atoms with Gasteiger partial charge in [-0.3, -0.25) is 14.4 Å². The fourth-order valence-corrected chi connectivity index (χ4v) is 3.21. The molecule has 0 heterocycles. The zero-order chi connectivity index (χ0) is 31.8. The molecular weight excluding hydrogens is 582 g/mol. The zero-order valence-electron chi connectivity index (χ0n) is 25.6. The second-order valence-corrected chi connectivity index (χ2v) is 9.03. The van der Waals surface area contributed by atoms with Crippen molar-refractivity contribution in [2.24, 2.45) is 0 Å². The molecule has 44 heavy (non-hydrogen) atoms. The number of amides is 1. The summed E-state index contributed by atoms with van der Waals surface area (Å²) in [6.07, 6.45) is 1.26. The molecule has 0 saturated carbocycles. The SMILES string of the molecule is O=Cc1ccc(OCCOCCOCCOCCOCCOCCOCCOCCOCCCNC(=O)CCC(=O)O)cc1. The molecule has 0 atom stereocenters. The van der Waals surface area contributed by atoms with E-state index in [1.165, 1.54) is 0 Å². The normalized spacial score (nSPS) is 11.0. The summed E-state index contributed by atoms with van der Waals surface area (Å²) in [4.78, 5) is 32.4. The Morgan fingerprint density at radius 3 is 1.34 bits per heavy atom. The molecule has 0 radical (unpaired) electrons. The van der Waals surface area contributed by atoms with E-state index < -0.39 is 5.97 Å². The molecule has 0 fully saturated rings. The third-order valence-electron chi connectivity index (χ3n) is 5.47. The molecule has 0 aliphatic heterocycles. The molecule has 0 saturated heterocycles. The van der Waals surface area contributed by atoms with Crippen LogP contribution in [0.15, 0.2) is 24.3 Å². The summed E-state index contributed by atoms with van der Waals surface area (Å²) in [5.41, 5.74) is 0.611. The minimum absolute atomic E-state index is 0.0119. The number of ether oxygens (including phenoxy) is 9. The van der Waals surface area contributed by atoms with Crippen LogP contribution in [0.5, 0.6) is 5.75 Å². The van der Waals surface area contributed by atoms with Gasteiger partial charge in [0.1, 0.15) is 18.6 Å². The molecule has 252 valence electrons. The average molecular weight is 632 g/mol. The molecular formula is C30H49NO13. The number of hydrogen-bond acceptors (Lipinski definition) is 12. The molecule has 2 N–H and O–H groups in total. The fourth-order valence-electron chi connectivity index (χ4n) is 3.21. The Kier molecular flexibility index (Phi) is 27.1. The van der Waals surface area contributed by atoms with Crippen molar-refractivity contribution in [2.45, 2.75) is 19.3 Å². The second-order valence-electron chi connectivity index (χ2n) is 9.03. The number of aldehydes is 1. The number of carboxylic acid groups (broad SMARTS) is 1. The maximum absolute atomic E-state index is 11.3. The topological polar surface area (TPSA) is 167 Å². The van der Waals surface area contributed by atoms with Crippen LogP contribution in [-0.4, -0.2) is 142 Å². The van der Waals surface area contributed by atoms with Crippen LogP contribution in [0, 0.1) is 0 Å². The standard InChI is InChI=1S/C30H49NO13/c32-26-27-2-4-28(5-3-27)44-25-24-43-23-22-42-21-20-41-19-18-40-17-16-39-15-14-38-13-12-37-11-10-36-9-1-8-31-29(33)6-7-30(34)35/h2-5,26H,1,6-25H2,(H,31,33)(H,34,35). The third kappa shape index (κ3) is 26.9. The van der Waals surface area contributed by atoms with Gasteiger partial charge in [-0.05, 0) is 30.7 Å². The lowest BCUT2D eigenvalue weighted by Gasteiger charge is -2.09. The van der Waals surface area contributed by atoms with Crippen LogP contribution in [0.25, 0.3) is 0 Å². The molecule has 0 aromatic heterocycles. The van der Waals surface area contributed by atoms with Crippen molar-refractivity contribution < 1.29 is 62.1 Å². The number of carbonyl (C=O) groups is 3. The van der Waals surface area contributed by atoms with E-state index in [1.54, 1.807) is 24.3 Å². The van der Waals surface area contributed by atoms with Gasteiger partial charge in [-0.1, -0.05) is 0 Å². The van der Waals surface area contributed by atoms with Gasteiger partial charge in [0.15, 0.2) is 0 Å². The lowest BCUT2D eigenvalue weighted by Crippen LogP contribution is -2.25. The number of carbonyl (C=O) groups excluding carboxylic acids is 2. The van der Waals surface area contributed by atoms with Crippen molar-refractivity contribution in [1.29, 1.82) is 0 Å². The van der Waals surface area contributed by atoms with E-state index in [-0.39, 0.29) is 18.7 Å². The molecule has 1 amide bonds. The Hall–Kier alpha value is -2.69. The van der Waals surface area contributed by atoms with Gasteiger partial charge in [-0.2, -0.15) is 0 Å². The molecule has 0 spiro atoms. The van der Waals surface area contributed by atoms with Crippen molar-refractivity contribution in [3.8, 4) is 5.75 Å². The molecule has 0 aliphatic rings. The summed E-state index contributed by atoms with van der Waals surface area (Å²) in [6.45, 7) is 8.39. The first-order valence-electron chi connectivity index (χ1n) is 14.9. The van der Waals surface area contributed by atoms with E-state index in [0.29, 0.717) is 137 Å². The van der Waals surface area contributed by atoms with E-state index >= 15 is 0 Å². The summed E-state index contributed by atoms with van der Waals surface area (Å²) in [6, 6.07) is 6.90. The van der Waals surface area contributed by atoms with Crippen molar-refractivity contribution in [3.05, 3.63) is 29.8 Å². The van der Waals surface area contributed by atoms with E-state index in [4.69, 9.17) is 47.7 Å². The summed E-state index contributed by atoms with van der Waals surface area (Å²) >= 11 is 0. The minimum atomic E-state index is -0.984. The van der Waals surface area contributed by atoms with Crippen LogP contribution in [0.4, 0.5) is 0 Å².